The molecule has 1 amide bonds. The summed E-state index contributed by atoms with van der Waals surface area (Å²) in [5.74, 6) is -0.178. The van der Waals surface area contributed by atoms with Crippen molar-refractivity contribution in [1.82, 2.24) is 0 Å². The molecule has 0 saturated heterocycles. The summed E-state index contributed by atoms with van der Waals surface area (Å²) in [4.78, 5) is 11.8. The Hall–Kier alpha value is -2.45. The van der Waals surface area contributed by atoms with E-state index in [4.69, 9.17) is 13.3 Å². The predicted octanol–water partition coefficient (Wildman–Crippen LogP) is 4.55. The number of para-hydroxylation sites is 1. The third-order valence-corrected chi connectivity index (χ3v) is 7.51. The van der Waals surface area contributed by atoms with E-state index >= 15 is 0 Å². The summed E-state index contributed by atoms with van der Waals surface area (Å²) >= 11 is 0. The van der Waals surface area contributed by atoms with Crippen LogP contribution in [0.4, 0.5) is 11.4 Å². The van der Waals surface area contributed by atoms with Crippen molar-refractivity contribution in [3.8, 4) is 11.1 Å². The van der Waals surface area contributed by atoms with Crippen molar-refractivity contribution < 1.29 is 18.1 Å². The van der Waals surface area contributed by atoms with Crippen molar-refractivity contribution in [2.24, 2.45) is 0 Å². The summed E-state index contributed by atoms with van der Waals surface area (Å²) in [7, 11) is 2.35. The Bertz CT molecular complexity index is 812. The number of hydrogen-bond donors (Lipinski definition) is 2. The molecule has 0 radical (unpaired) electrons. The first-order valence-corrected chi connectivity index (χ1v) is 11.4. The zero-order chi connectivity index (χ0) is 21.3. The highest BCUT2D eigenvalue weighted by molar-refractivity contribution is 6.60. The van der Waals surface area contributed by atoms with Crippen LogP contribution in [0.15, 0.2) is 60.7 Å². The van der Waals surface area contributed by atoms with Crippen LogP contribution in [-0.4, -0.2) is 42.6 Å². The molecule has 0 aliphatic rings. The van der Waals surface area contributed by atoms with E-state index in [2.05, 4.69) is 29.3 Å². The maximum atomic E-state index is 11.8. The summed E-state index contributed by atoms with van der Waals surface area (Å²) in [6.07, 6.45) is 0.863. The van der Waals surface area contributed by atoms with Crippen LogP contribution in [-0.2, 0) is 18.1 Å². The van der Waals surface area contributed by atoms with E-state index < -0.39 is 8.80 Å². The van der Waals surface area contributed by atoms with Gasteiger partial charge in [0.25, 0.3) is 5.91 Å². The molecule has 0 aromatic heterocycles. The van der Waals surface area contributed by atoms with Crippen LogP contribution in [0.2, 0.25) is 6.04 Å². The number of anilines is 2. The second-order valence-electron chi connectivity index (χ2n) is 6.68. The van der Waals surface area contributed by atoms with E-state index in [1.54, 1.807) is 28.3 Å². The standard InChI is InChI=1S/C22H30N2O4Si/c1-17(2)22(25)24-19-13-11-18(12-14-19)20-9-6-7-10-21(20)23-15-8-16-29(26-3,27-4)28-5/h6-7,9-14,23H,1,8,15-16H2,2-5H3,(H,24,25). The normalized spacial score (nSPS) is 11.2. The SMILES string of the molecule is C=C(C)C(=O)Nc1ccc(-c2ccccc2NCCC[Si](OC)(OC)OC)cc1. The molecule has 0 saturated carbocycles. The minimum absolute atomic E-state index is 0.178. The average Bonchev–Trinajstić information content (AvgIpc) is 2.75. The van der Waals surface area contributed by atoms with Gasteiger partial charge >= 0.3 is 8.80 Å². The molecule has 0 aliphatic heterocycles. The maximum absolute atomic E-state index is 11.8. The lowest BCUT2D eigenvalue weighted by Gasteiger charge is -2.24. The van der Waals surface area contributed by atoms with Gasteiger partial charge in [-0.15, -0.1) is 0 Å². The first kappa shape index (κ1) is 22.8. The number of amides is 1. The van der Waals surface area contributed by atoms with Gasteiger partial charge in [0.05, 0.1) is 0 Å². The fraction of sp³-hybridized carbons (Fsp3) is 0.318. The lowest BCUT2D eigenvalue weighted by atomic mass is 10.0. The molecule has 156 valence electrons. The van der Waals surface area contributed by atoms with E-state index in [1.807, 2.05) is 36.4 Å². The second kappa shape index (κ2) is 10.9. The smallest absolute Gasteiger partial charge is 0.385 e. The molecule has 0 spiro atoms. The topological polar surface area (TPSA) is 68.8 Å². The molecule has 0 heterocycles. The van der Waals surface area contributed by atoms with Crippen LogP contribution in [0.25, 0.3) is 11.1 Å². The zero-order valence-electron chi connectivity index (χ0n) is 17.6. The van der Waals surface area contributed by atoms with Gasteiger partial charge in [-0.25, -0.2) is 0 Å². The van der Waals surface area contributed by atoms with Crippen LogP contribution >= 0.6 is 0 Å². The van der Waals surface area contributed by atoms with Gasteiger partial charge in [-0.05, 0) is 37.1 Å². The molecule has 0 atom stereocenters. The van der Waals surface area contributed by atoms with Crippen LogP contribution < -0.4 is 10.6 Å². The zero-order valence-corrected chi connectivity index (χ0v) is 18.6. The molecule has 2 N–H and O–H groups in total. The molecule has 2 aromatic rings. The monoisotopic (exact) mass is 414 g/mol. The molecular formula is C22H30N2O4Si. The van der Waals surface area contributed by atoms with Crippen LogP contribution in [0, 0.1) is 0 Å². The first-order valence-electron chi connectivity index (χ1n) is 9.50. The van der Waals surface area contributed by atoms with Gasteiger partial charge in [-0.3, -0.25) is 4.79 Å². The van der Waals surface area contributed by atoms with Gasteiger partial charge in [0.15, 0.2) is 0 Å². The van der Waals surface area contributed by atoms with Gasteiger partial charge in [-0.2, -0.15) is 0 Å². The largest absolute Gasteiger partial charge is 0.500 e. The lowest BCUT2D eigenvalue weighted by Crippen LogP contribution is -2.42. The quantitative estimate of drug-likeness (QED) is 0.321. The first-order chi connectivity index (χ1) is 13.9. The molecule has 0 unspecified atom stereocenters. The van der Waals surface area contributed by atoms with Gasteiger partial charge in [-0.1, -0.05) is 36.9 Å². The number of hydrogen-bond acceptors (Lipinski definition) is 5. The molecule has 6 nitrogen and oxygen atoms in total. The Kier molecular flexibility index (Phi) is 8.60. The molecular weight excluding hydrogens is 384 g/mol. The van der Waals surface area contributed by atoms with Crippen LogP contribution in [0.5, 0.6) is 0 Å². The van der Waals surface area contributed by atoms with E-state index in [1.165, 1.54) is 0 Å². The molecule has 0 fully saturated rings. The van der Waals surface area contributed by atoms with Crippen molar-refractivity contribution in [2.75, 3.05) is 38.5 Å². The Morgan fingerprint density at radius 2 is 1.62 bits per heavy atom. The summed E-state index contributed by atoms with van der Waals surface area (Å²) < 4.78 is 16.4. The third-order valence-electron chi connectivity index (χ3n) is 4.68. The summed E-state index contributed by atoms with van der Waals surface area (Å²) in [6, 6.07) is 16.7. The highest BCUT2D eigenvalue weighted by Crippen LogP contribution is 2.29. The fourth-order valence-electron chi connectivity index (χ4n) is 2.94. The third kappa shape index (κ3) is 6.27. The molecule has 2 aromatic carbocycles. The summed E-state index contributed by atoms with van der Waals surface area (Å²) in [6.45, 7) is 6.11. The van der Waals surface area contributed by atoms with Gasteiger partial charge in [0.2, 0.25) is 0 Å². The number of benzene rings is 2. The number of carbonyl (C=O) groups is 1. The van der Waals surface area contributed by atoms with Crippen LogP contribution in [0.3, 0.4) is 0 Å². The van der Waals surface area contributed by atoms with Gasteiger partial charge in [0.1, 0.15) is 0 Å². The predicted molar refractivity (Wildman–Crippen MR) is 120 cm³/mol. The molecule has 7 heteroatoms. The average molecular weight is 415 g/mol. The van der Waals surface area contributed by atoms with Crippen molar-refractivity contribution in [2.45, 2.75) is 19.4 Å². The number of nitrogens with one attached hydrogen (secondary N) is 2. The maximum Gasteiger partial charge on any atom is 0.500 e. The highest BCUT2D eigenvalue weighted by Gasteiger charge is 2.36. The number of rotatable bonds is 11. The number of carbonyl (C=O) groups excluding carboxylic acids is 1. The van der Waals surface area contributed by atoms with Crippen molar-refractivity contribution >= 4 is 26.1 Å². The fourth-order valence-corrected chi connectivity index (χ4v) is 4.67. The van der Waals surface area contributed by atoms with Crippen molar-refractivity contribution in [3.05, 3.63) is 60.7 Å². The van der Waals surface area contributed by atoms with Crippen LogP contribution in [0.1, 0.15) is 13.3 Å². The minimum Gasteiger partial charge on any atom is -0.385 e. The molecule has 29 heavy (non-hydrogen) atoms. The van der Waals surface area contributed by atoms with E-state index in [9.17, 15) is 4.79 Å². The van der Waals surface area contributed by atoms with Gasteiger partial charge in [0, 0.05) is 56.4 Å². The summed E-state index contributed by atoms with van der Waals surface area (Å²) in [5, 5.41) is 6.31. The molecule has 0 aliphatic carbocycles. The Labute approximate surface area is 174 Å². The Morgan fingerprint density at radius 3 is 2.21 bits per heavy atom. The highest BCUT2D eigenvalue weighted by atomic mass is 28.4. The minimum atomic E-state index is -2.54. The van der Waals surface area contributed by atoms with Gasteiger partial charge < -0.3 is 23.9 Å². The van der Waals surface area contributed by atoms with E-state index in [0.717, 1.165) is 41.5 Å². The lowest BCUT2D eigenvalue weighted by molar-refractivity contribution is -0.112. The summed E-state index contributed by atoms with van der Waals surface area (Å²) in [5.41, 5.74) is 4.43. The van der Waals surface area contributed by atoms with E-state index in [0.29, 0.717) is 5.57 Å². The van der Waals surface area contributed by atoms with Crippen molar-refractivity contribution in [3.63, 3.8) is 0 Å². The molecule has 0 bridgehead atoms. The van der Waals surface area contributed by atoms with E-state index in [-0.39, 0.29) is 5.91 Å². The molecule has 2 rings (SSSR count). The Morgan fingerprint density at radius 1 is 1.00 bits per heavy atom. The second-order valence-corrected chi connectivity index (χ2v) is 9.77. The van der Waals surface area contributed by atoms with Crippen molar-refractivity contribution in [1.29, 1.82) is 0 Å². The Balaban J connectivity index is 2.03.